The van der Waals surface area contributed by atoms with E-state index in [1.165, 1.54) is 5.57 Å². The SMILES string of the molecule is Cc1cccc(C=C2CCN(C(=O)c3cc(C)oc3C)CC2)n1. The van der Waals surface area contributed by atoms with Crippen LogP contribution in [0.1, 0.15) is 46.1 Å². The van der Waals surface area contributed by atoms with Gasteiger partial charge in [-0.3, -0.25) is 9.78 Å². The second-order valence-electron chi connectivity index (χ2n) is 6.13. The van der Waals surface area contributed by atoms with Gasteiger partial charge in [0.2, 0.25) is 0 Å². The average Bonchev–Trinajstić information content (AvgIpc) is 2.86. The minimum atomic E-state index is 0.0760. The van der Waals surface area contributed by atoms with Crippen molar-refractivity contribution < 1.29 is 9.21 Å². The molecule has 1 saturated heterocycles. The van der Waals surface area contributed by atoms with Crippen molar-refractivity contribution in [1.29, 1.82) is 0 Å². The molecule has 0 saturated carbocycles. The first-order valence-corrected chi connectivity index (χ1v) is 8.02. The lowest BCUT2D eigenvalue weighted by atomic mass is 10.0. The van der Waals surface area contributed by atoms with Crippen LogP contribution in [-0.4, -0.2) is 28.9 Å². The largest absolute Gasteiger partial charge is 0.466 e. The van der Waals surface area contributed by atoms with Crippen LogP contribution in [0.25, 0.3) is 6.08 Å². The predicted octanol–water partition coefficient (Wildman–Crippen LogP) is 3.92. The normalized spacial score (nSPS) is 14.9. The third-order valence-corrected chi connectivity index (χ3v) is 4.23. The molecule has 0 atom stereocenters. The molecule has 0 aliphatic carbocycles. The van der Waals surface area contributed by atoms with Crippen LogP contribution in [0.15, 0.2) is 34.3 Å². The summed E-state index contributed by atoms with van der Waals surface area (Å²) >= 11 is 0. The van der Waals surface area contributed by atoms with E-state index in [1.807, 2.05) is 49.9 Å². The van der Waals surface area contributed by atoms with Crippen molar-refractivity contribution in [2.75, 3.05) is 13.1 Å². The number of carbonyl (C=O) groups excluding carboxylic acids is 1. The van der Waals surface area contributed by atoms with E-state index in [0.717, 1.165) is 43.1 Å². The van der Waals surface area contributed by atoms with Crippen LogP contribution in [0, 0.1) is 20.8 Å². The van der Waals surface area contributed by atoms with Crippen molar-refractivity contribution in [3.63, 3.8) is 0 Å². The number of hydrogen-bond donors (Lipinski definition) is 0. The highest BCUT2D eigenvalue weighted by molar-refractivity contribution is 5.95. The number of nitrogens with zero attached hydrogens (tertiary/aromatic N) is 2. The van der Waals surface area contributed by atoms with Gasteiger partial charge in [-0.15, -0.1) is 0 Å². The summed E-state index contributed by atoms with van der Waals surface area (Å²) in [6.45, 7) is 7.22. The second-order valence-corrected chi connectivity index (χ2v) is 6.13. The third kappa shape index (κ3) is 3.52. The topological polar surface area (TPSA) is 46.3 Å². The van der Waals surface area contributed by atoms with E-state index in [0.29, 0.717) is 11.3 Å². The molecule has 3 heterocycles. The standard InChI is InChI=1S/C19H22N2O2/c1-13-5-4-6-17(20-13)12-16-7-9-21(10-8-16)19(22)18-11-14(2)23-15(18)3/h4-6,11-12H,7-10H2,1-3H3. The van der Waals surface area contributed by atoms with Crippen LogP contribution in [0.5, 0.6) is 0 Å². The zero-order valence-corrected chi connectivity index (χ0v) is 13.9. The Hall–Kier alpha value is -2.36. The van der Waals surface area contributed by atoms with Gasteiger partial charge in [-0.05, 0) is 57.9 Å². The van der Waals surface area contributed by atoms with Gasteiger partial charge < -0.3 is 9.32 Å². The van der Waals surface area contributed by atoms with E-state index in [1.54, 1.807) is 0 Å². The van der Waals surface area contributed by atoms with Crippen LogP contribution in [0.3, 0.4) is 0 Å². The molecule has 1 amide bonds. The third-order valence-electron chi connectivity index (χ3n) is 4.23. The number of hydrogen-bond acceptors (Lipinski definition) is 3. The molecule has 0 radical (unpaired) electrons. The molecule has 1 aliphatic rings. The maximum Gasteiger partial charge on any atom is 0.257 e. The van der Waals surface area contributed by atoms with Crippen LogP contribution in [0.4, 0.5) is 0 Å². The van der Waals surface area contributed by atoms with Crippen LogP contribution in [0.2, 0.25) is 0 Å². The lowest BCUT2D eigenvalue weighted by Crippen LogP contribution is -2.36. The van der Waals surface area contributed by atoms with Crippen molar-refractivity contribution in [2.24, 2.45) is 0 Å². The molecule has 1 fully saturated rings. The highest BCUT2D eigenvalue weighted by Crippen LogP contribution is 2.22. The molecule has 0 unspecified atom stereocenters. The Labute approximate surface area is 136 Å². The van der Waals surface area contributed by atoms with Gasteiger partial charge in [0.1, 0.15) is 11.5 Å². The first-order chi connectivity index (χ1) is 11.0. The summed E-state index contributed by atoms with van der Waals surface area (Å²) in [5.74, 6) is 1.57. The molecule has 120 valence electrons. The predicted molar refractivity (Wildman–Crippen MR) is 90.3 cm³/mol. The maximum atomic E-state index is 12.6. The van der Waals surface area contributed by atoms with E-state index in [9.17, 15) is 4.79 Å². The summed E-state index contributed by atoms with van der Waals surface area (Å²) in [6.07, 6.45) is 3.95. The van der Waals surface area contributed by atoms with Gasteiger partial charge in [-0.2, -0.15) is 0 Å². The lowest BCUT2D eigenvalue weighted by Gasteiger charge is -2.28. The van der Waals surface area contributed by atoms with E-state index >= 15 is 0 Å². The number of likely N-dealkylation sites (tertiary alicyclic amines) is 1. The van der Waals surface area contributed by atoms with Crippen LogP contribution >= 0.6 is 0 Å². The van der Waals surface area contributed by atoms with Gasteiger partial charge in [0.15, 0.2) is 0 Å². The minimum Gasteiger partial charge on any atom is -0.466 e. The fraction of sp³-hybridized carbons (Fsp3) is 0.368. The van der Waals surface area contributed by atoms with Gasteiger partial charge in [-0.1, -0.05) is 11.6 Å². The monoisotopic (exact) mass is 310 g/mol. The van der Waals surface area contributed by atoms with E-state index < -0.39 is 0 Å². The van der Waals surface area contributed by atoms with Crippen molar-refractivity contribution in [3.8, 4) is 0 Å². The highest BCUT2D eigenvalue weighted by atomic mass is 16.3. The number of amides is 1. The quantitative estimate of drug-likeness (QED) is 0.844. The summed E-state index contributed by atoms with van der Waals surface area (Å²) in [4.78, 5) is 19.0. The zero-order chi connectivity index (χ0) is 16.4. The highest BCUT2D eigenvalue weighted by Gasteiger charge is 2.23. The zero-order valence-electron chi connectivity index (χ0n) is 13.9. The number of furan rings is 1. The van der Waals surface area contributed by atoms with Gasteiger partial charge in [0.05, 0.1) is 11.3 Å². The Bertz CT molecular complexity index is 748. The summed E-state index contributed by atoms with van der Waals surface area (Å²) in [7, 11) is 0. The smallest absolute Gasteiger partial charge is 0.257 e. The molecular formula is C19H22N2O2. The molecule has 4 nitrogen and oxygen atoms in total. The Morgan fingerprint density at radius 1 is 1.22 bits per heavy atom. The molecule has 2 aromatic heterocycles. The maximum absolute atomic E-state index is 12.6. The molecule has 23 heavy (non-hydrogen) atoms. The number of carbonyl (C=O) groups is 1. The van der Waals surface area contributed by atoms with Gasteiger partial charge >= 0.3 is 0 Å². The Kier molecular flexibility index (Phi) is 4.33. The van der Waals surface area contributed by atoms with Crippen LogP contribution < -0.4 is 0 Å². The molecule has 1 aliphatic heterocycles. The summed E-state index contributed by atoms with van der Waals surface area (Å²) < 4.78 is 5.47. The molecule has 3 rings (SSSR count). The molecule has 0 aromatic carbocycles. The minimum absolute atomic E-state index is 0.0760. The first kappa shape index (κ1) is 15.5. The number of piperidine rings is 1. The molecule has 2 aromatic rings. The second kappa shape index (κ2) is 6.41. The van der Waals surface area contributed by atoms with Crippen molar-refractivity contribution in [3.05, 3.63) is 58.3 Å². The first-order valence-electron chi connectivity index (χ1n) is 8.02. The summed E-state index contributed by atoms with van der Waals surface area (Å²) in [5.41, 5.74) is 4.07. The van der Waals surface area contributed by atoms with Crippen molar-refractivity contribution in [2.45, 2.75) is 33.6 Å². The molecule has 0 spiro atoms. The summed E-state index contributed by atoms with van der Waals surface area (Å²) in [5, 5.41) is 0. The van der Waals surface area contributed by atoms with E-state index in [2.05, 4.69) is 11.1 Å². The molecule has 0 N–H and O–H groups in total. The van der Waals surface area contributed by atoms with E-state index in [4.69, 9.17) is 4.42 Å². The van der Waals surface area contributed by atoms with Crippen molar-refractivity contribution in [1.82, 2.24) is 9.88 Å². The van der Waals surface area contributed by atoms with E-state index in [-0.39, 0.29) is 5.91 Å². The lowest BCUT2D eigenvalue weighted by molar-refractivity contribution is 0.0742. The van der Waals surface area contributed by atoms with Gasteiger partial charge in [0.25, 0.3) is 5.91 Å². The molecule has 4 heteroatoms. The Morgan fingerprint density at radius 2 is 1.96 bits per heavy atom. The number of rotatable bonds is 2. The fourth-order valence-electron chi connectivity index (χ4n) is 3.01. The fourth-order valence-corrected chi connectivity index (χ4v) is 3.01. The van der Waals surface area contributed by atoms with Crippen LogP contribution in [-0.2, 0) is 0 Å². The number of pyridine rings is 1. The van der Waals surface area contributed by atoms with Gasteiger partial charge in [-0.25, -0.2) is 0 Å². The molecule has 0 bridgehead atoms. The summed E-state index contributed by atoms with van der Waals surface area (Å²) in [6, 6.07) is 7.88. The molecular weight excluding hydrogens is 288 g/mol. The average molecular weight is 310 g/mol. The Balaban J connectivity index is 1.66. The number of aryl methyl sites for hydroxylation is 3. The van der Waals surface area contributed by atoms with Gasteiger partial charge in [0, 0.05) is 18.8 Å². The Morgan fingerprint density at radius 3 is 2.57 bits per heavy atom. The number of aromatic nitrogens is 1. The van der Waals surface area contributed by atoms with Crippen molar-refractivity contribution >= 4 is 12.0 Å².